The van der Waals surface area contributed by atoms with Gasteiger partial charge in [0.1, 0.15) is 5.82 Å². The van der Waals surface area contributed by atoms with Crippen molar-refractivity contribution in [2.75, 3.05) is 12.4 Å². The molecule has 0 unspecified atom stereocenters. The highest BCUT2D eigenvalue weighted by atomic mass is 16.2. The van der Waals surface area contributed by atoms with E-state index in [0.29, 0.717) is 12.3 Å². The lowest BCUT2D eigenvalue weighted by atomic mass is 9.80. The van der Waals surface area contributed by atoms with Crippen molar-refractivity contribution >= 4 is 12.1 Å². The molecule has 0 aromatic carbocycles. The number of carbonyl (C=O) groups is 1. The molecule has 106 valence electrons. The zero-order chi connectivity index (χ0) is 14.4. The summed E-state index contributed by atoms with van der Waals surface area (Å²) in [5.74, 6) is 1.81. The smallest absolute Gasteiger partial charge is 0.194 e. The van der Waals surface area contributed by atoms with Gasteiger partial charge in [-0.25, -0.2) is 9.97 Å². The van der Waals surface area contributed by atoms with Crippen LogP contribution in [0.1, 0.15) is 48.1 Å². The van der Waals surface area contributed by atoms with E-state index < -0.39 is 0 Å². The molecular weight excluding hydrogens is 242 g/mol. The van der Waals surface area contributed by atoms with Gasteiger partial charge in [0.05, 0.1) is 0 Å². The highest BCUT2D eigenvalue weighted by Crippen LogP contribution is 2.31. The van der Waals surface area contributed by atoms with E-state index in [1.165, 1.54) is 19.3 Å². The van der Waals surface area contributed by atoms with E-state index in [2.05, 4.69) is 22.2 Å². The van der Waals surface area contributed by atoms with Gasteiger partial charge in [0.25, 0.3) is 0 Å². The summed E-state index contributed by atoms with van der Waals surface area (Å²) < 4.78 is 0. The lowest BCUT2D eigenvalue weighted by Crippen LogP contribution is -2.31. The van der Waals surface area contributed by atoms with Gasteiger partial charge in [-0.1, -0.05) is 6.42 Å². The fourth-order valence-electron chi connectivity index (χ4n) is 2.12. The maximum atomic E-state index is 10.8. The Hall–Kier alpha value is -1.49. The van der Waals surface area contributed by atoms with Crippen LogP contribution in [0.15, 0.2) is 0 Å². The molecule has 1 aromatic rings. The number of nitrogens with one attached hydrogen (secondary N) is 1. The van der Waals surface area contributed by atoms with Gasteiger partial charge in [0.15, 0.2) is 12.1 Å². The summed E-state index contributed by atoms with van der Waals surface area (Å²) in [5.41, 5.74) is 1.90. The van der Waals surface area contributed by atoms with Crippen LogP contribution in [0.4, 0.5) is 5.82 Å². The van der Waals surface area contributed by atoms with E-state index in [9.17, 15) is 4.79 Å². The first-order chi connectivity index (χ1) is 9.11. The fourth-order valence-corrected chi connectivity index (χ4v) is 2.12. The second-order valence-electron chi connectivity index (χ2n) is 4.88. The van der Waals surface area contributed by atoms with E-state index in [1.807, 2.05) is 13.8 Å². The summed E-state index contributed by atoms with van der Waals surface area (Å²) >= 11 is 0. The van der Waals surface area contributed by atoms with Crippen LogP contribution >= 0.6 is 0 Å². The Morgan fingerprint density at radius 1 is 1.32 bits per heavy atom. The van der Waals surface area contributed by atoms with Crippen LogP contribution < -0.4 is 5.32 Å². The summed E-state index contributed by atoms with van der Waals surface area (Å²) in [4.78, 5) is 19.1. The molecular formula is C14H23N3O2. The summed E-state index contributed by atoms with van der Waals surface area (Å²) in [6.07, 6.45) is 4.61. The molecule has 0 spiro atoms. The number of aliphatic hydroxyl groups is 1. The van der Waals surface area contributed by atoms with Crippen molar-refractivity contribution in [3.05, 3.63) is 17.1 Å². The minimum atomic E-state index is 0.261. The standard InChI is InChI=1S/C13H19N3O.CH4O/c1-8-9(2)14-12(7-17)16-13(8)15-10(3)11-5-4-6-11;1-2/h7,10-11H,4-6H2,1-3H3,(H,14,15,16);2H,1H3/t10-;/m1./s1. The van der Waals surface area contributed by atoms with E-state index >= 15 is 0 Å². The first-order valence-electron chi connectivity index (χ1n) is 6.63. The monoisotopic (exact) mass is 265 g/mol. The molecule has 2 rings (SSSR count). The highest BCUT2D eigenvalue weighted by Gasteiger charge is 2.24. The predicted octanol–water partition coefficient (Wildman–Crippen LogP) is 2.11. The van der Waals surface area contributed by atoms with Crippen LogP contribution in [-0.4, -0.2) is 34.5 Å². The van der Waals surface area contributed by atoms with Crippen LogP contribution in [0.25, 0.3) is 0 Å². The topological polar surface area (TPSA) is 75.1 Å². The van der Waals surface area contributed by atoms with Gasteiger partial charge in [-0.3, -0.25) is 4.79 Å². The molecule has 0 aliphatic heterocycles. The van der Waals surface area contributed by atoms with E-state index in [4.69, 9.17) is 5.11 Å². The molecule has 0 bridgehead atoms. The third-order valence-corrected chi connectivity index (χ3v) is 3.73. The van der Waals surface area contributed by atoms with Crippen LogP contribution in [0.5, 0.6) is 0 Å². The van der Waals surface area contributed by atoms with Gasteiger partial charge >= 0.3 is 0 Å². The Labute approximate surface area is 114 Å². The Morgan fingerprint density at radius 2 is 1.95 bits per heavy atom. The lowest BCUT2D eigenvalue weighted by Gasteiger charge is -2.32. The molecule has 1 aromatic heterocycles. The van der Waals surface area contributed by atoms with Gasteiger partial charge in [-0.15, -0.1) is 0 Å². The Bertz CT molecular complexity index is 431. The molecule has 1 saturated carbocycles. The van der Waals surface area contributed by atoms with Crippen molar-refractivity contribution in [1.29, 1.82) is 0 Å². The Balaban J connectivity index is 0.000000861. The molecule has 1 aliphatic rings. The summed E-state index contributed by atoms with van der Waals surface area (Å²) in [5, 5.41) is 10.4. The van der Waals surface area contributed by atoms with Crippen molar-refractivity contribution in [3.8, 4) is 0 Å². The van der Waals surface area contributed by atoms with Gasteiger partial charge < -0.3 is 10.4 Å². The molecule has 2 N–H and O–H groups in total. The van der Waals surface area contributed by atoms with E-state index in [0.717, 1.165) is 30.1 Å². The van der Waals surface area contributed by atoms with Crippen LogP contribution in [0, 0.1) is 19.8 Å². The molecule has 5 heteroatoms. The number of hydrogen-bond donors (Lipinski definition) is 2. The van der Waals surface area contributed by atoms with Crippen molar-refractivity contribution in [3.63, 3.8) is 0 Å². The van der Waals surface area contributed by atoms with Crippen molar-refractivity contribution in [1.82, 2.24) is 9.97 Å². The second kappa shape index (κ2) is 7.19. The number of nitrogens with zero attached hydrogens (tertiary/aromatic N) is 2. The molecule has 1 heterocycles. The third-order valence-electron chi connectivity index (χ3n) is 3.73. The molecule has 19 heavy (non-hydrogen) atoms. The van der Waals surface area contributed by atoms with Gasteiger partial charge in [0, 0.05) is 24.4 Å². The van der Waals surface area contributed by atoms with E-state index in [-0.39, 0.29) is 5.82 Å². The molecule has 1 atom stereocenters. The SMILES string of the molecule is CO.Cc1nc(C=O)nc(N[C@H](C)C2CCC2)c1C. The average Bonchev–Trinajstić information content (AvgIpc) is 2.35. The third kappa shape index (κ3) is 3.73. The molecule has 1 fully saturated rings. The van der Waals surface area contributed by atoms with Crippen LogP contribution in [0.2, 0.25) is 0 Å². The molecule has 1 aliphatic carbocycles. The zero-order valence-electron chi connectivity index (χ0n) is 12.1. The Kier molecular flexibility index (Phi) is 5.89. The molecule has 0 radical (unpaired) electrons. The number of aliphatic hydroxyl groups excluding tert-OH is 1. The quantitative estimate of drug-likeness (QED) is 0.816. The highest BCUT2D eigenvalue weighted by molar-refractivity contribution is 5.70. The minimum Gasteiger partial charge on any atom is -0.400 e. The number of carbonyl (C=O) groups excluding carboxylic acids is 1. The number of anilines is 1. The number of hydrogen-bond acceptors (Lipinski definition) is 5. The second-order valence-corrected chi connectivity index (χ2v) is 4.88. The average molecular weight is 265 g/mol. The first kappa shape index (κ1) is 15.6. The van der Waals surface area contributed by atoms with Gasteiger partial charge in [-0.05, 0) is 39.5 Å². The largest absolute Gasteiger partial charge is 0.400 e. The predicted molar refractivity (Wildman–Crippen MR) is 75.5 cm³/mol. The molecule has 5 nitrogen and oxygen atoms in total. The van der Waals surface area contributed by atoms with Crippen LogP contribution in [0.3, 0.4) is 0 Å². The minimum absolute atomic E-state index is 0.261. The van der Waals surface area contributed by atoms with Crippen molar-refractivity contribution in [2.45, 2.75) is 46.1 Å². The fraction of sp³-hybridized carbons (Fsp3) is 0.643. The summed E-state index contributed by atoms with van der Waals surface area (Å²) in [6, 6.07) is 0.413. The number of rotatable bonds is 4. The van der Waals surface area contributed by atoms with Gasteiger partial charge in [0.2, 0.25) is 0 Å². The number of aldehydes is 1. The maximum Gasteiger partial charge on any atom is 0.194 e. The number of aromatic nitrogens is 2. The number of aryl methyl sites for hydroxylation is 1. The van der Waals surface area contributed by atoms with E-state index in [1.54, 1.807) is 0 Å². The molecule has 0 saturated heterocycles. The van der Waals surface area contributed by atoms with Crippen molar-refractivity contribution < 1.29 is 9.90 Å². The zero-order valence-corrected chi connectivity index (χ0v) is 12.1. The Morgan fingerprint density at radius 3 is 2.42 bits per heavy atom. The lowest BCUT2D eigenvalue weighted by molar-refractivity contribution is 0.111. The van der Waals surface area contributed by atoms with Crippen molar-refractivity contribution in [2.24, 2.45) is 5.92 Å². The van der Waals surface area contributed by atoms with Gasteiger partial charge in [-0.2, -0.15) is 0 Å². The maximum absolute atomic E-state index is 10.8. The first-order valence-corrected chi connectivity index (χ1v) is 6.63. The van der Waals surface area contributed by atoms with Crippen LogP contribution in [-0.2, 0) is 0 Å². The molecule has 0 amide bonds. The normalized spacial score (nSPS) is 15.8. The summed E-state index contributed by atoms with van der Waals surface area (Å²) in [6.45, 7) is 6.07. The summed E-state index contributed by atoms with van der Waals surface area (Å²) in [7, 11) is 1.00.